The minimum Gasteiger partial charge on any atom is -0.285 e. The number of halogens is 1. The molecule has 0 fully saturated rings. The molecule has 0 saturated carbocycles. The lowest BCUT2D eigenvalue weighted by Gasteiger charge is -1.99. The van der Waals surface area contributed by atoms with Gasteiger partial charge in [-0.1, -0.05) is 15.9 Å². The summed E-state index contributed by atoms with van der Waals surface area (Å²) in [4.78, 5) is 0. The highest BCUT2D eigenvalue weighted by Gasteiger charge is 2.14. The first-order valence-electron chi connectivity index (χ1n) is 2.00. The molecule has 0 amide bonds. The van der Waals surface area contributed by atoms with Gasteiger partial charge in [0, 0.05) is 5.33 Å². The molecule has 0 aliphatic rings. The van der Waals surface area contributed by atoms with Crippen molar-refractivity contribution in [3.63, 3.8) is 0 Å². The summed E-state index contributed by atoms with van der Waals surface area (Å²) < 4.78 is 28.4. The highest BCUT2D eigenvalue weighted by molar-refractivity contribution is 9.09. The molecule has 0 heterocycles. The Morgan fingerprint density at radius 2 is 2.12 bits per heavy atom. The summed E-state index contributed by atoms with van der Waals surface area (Å²) in [6.45, 7) is 1.42. The van der Waals surface area contributed by atoms with E-state index in [1.807, 2.05) is 0 Å². The second-order valence-electron chi connectivity index (χ2n) is 1.48. The molecule has 0 spiro atoms. The molecule has 0 aromatic carbocycles. The topological polar surface area (TPSA) is 54.4 Å². The maximum Gasteiger partial charge on any atom is 0.268 e. The number of alkyl halides is 1. The van der Waals surface area contributed by atoms with E-state index < -0.39 is 15.4 Å². The van der Waals surface area contributed by atoms with Crippen molar-refractivity contribution < 1.29 is 13.0 Å². The first kappa shape index (κ1) is 8.39. The third-order valence-electron chi connectivity index (χ3n) is 0.726. The van der Waals surface area contributed by atoms with E-state index in [-0.39, 0.29) is 5.33 Å². The van der Waals surface area contributed by atoms with Crippen LogP contribution in [0.25, 0.3) is 0 Å². The smallest absolute Gasteiger partial charge is 0.268 e. The second-order valence-corrected chi connectivity index (χ2v) is 3.96. The molecule has 0 saturated heterocycles. The van der Waals surface area contributed by atoms with Crippen LogP contribution in [0.5, 0.6) is 0 Å². The molecule has 0 bridgehead atoms. The van der Waals surface area contributed by atoms with Gasteiger partial charge >= 0.3 is 0 Å². The number of hydrogen-bond acceptors (Lipinski definition) is 2. The minimum atomic E-state index is -3.80. The van der Waals surface area contributed by atoms with Gasteiger partial charge in [-0.15, -0.1) is 0 Å². The normalized spacial score (nSPS) is 15.9. The molecular weight excluding hydrogens is 196 g/mol. The number of hydrogen-bond donors (Lipinski definition) is 1. The van der Waals surface area contributed by atoms with E-state index in [0.29, 0.717) is 0 Å². The van der Waals surface area contributed by atoms with Crippen LogP contribution < -0.4 is 0 Å². The maximum absolute atomic E-state index is 10.1. The first-order chi connectivity index (χ1) is 3.48. The Balaban J connectivity index is 4.04. The SMILES string of the molecule is CC(CBr)S(=O)(=O)O. The van der Waals surface area contributed by atoms with Crippen LogP contribution >= 0.6 is 15.9 Å². The second kappa shape index (κ2) is 2.80. The fraction of sp³-hybridized carbons (Fsp3) is 1.00. The van der Waals surface area contributed by atoms with Gasteiger partial charge in [-0.3, -0.25) is 4.55 Å². The molecule has 5 heteroatoms. The zero-order valence-electron chi connectivity index (χ0n) is 4.33. The van der Waals surface area contributed by atoms with E-state index in [9.17, 15) is 8.42 Å². The van der Waals surface area contributed by atoms with E-state index in [4.69, 9.17) is 4.55 Å². The van der Waals surface area contributed by atoms with Crippen molar-refractivity contribution in [2.24, 2.45) is 0 Å². The molecule has 0 aromatic heterocycles. The van der Waals surface area contributed by atoms with Crippen molar-refractivity contribution in [1.29, 1.82) is 0 Å². The Bertz CT molecular complexity index is 150. The van der Waals surface area contributed by atoms with E-state index in [0.717, 1.165) is 0 Å². The number of rotatable bonds is 2. The average Bonchev–Trinajstić information content (AvgIpc) is 1.62. The highest BCUT2D eigenvalue weighted by atomic mass is 79.9. The standard InChI is InChI=1S/C3H7BrO3S/c1-3(2-4)8(5,6)7/h3H,2H2,1H3,(H,5,6,7). The van der Waals surface area contributed by atoms with Gasteiger partial charge < -0.3 is 0 Å². The summed E-state index contributed by atoms with van der Waals surface area (Å²) >= 11 is 2.91. The molecule has 0 aliphatic carbocycles. The monoisotopic (exact) mass is 202 g/mol. The van der Waals surface area contributed by atoms with Crippen LogP contribution in [0.4, 0.5) is 0 Å². The molecule has 0 radical (unpaired) electrons. The predicted octanol–water partition coefficient (Wildman–Crippen LogP) is 0.658. The van der Waals surface area contributed by atoms with Gasteiger partial charge in [-0.2, -0.15) is 8.42 Å². The lowest BCUT2D eigenvalue weighted by molar-refractivity contribution is 0.474. The lowest BCUT2D eigenvalue weighted by Crippen LogP contribution is -2.17. The van der Waals surface area contributed by atoms with Crippen LogP contribution in [-0.2, 0) is 10.1 Å². The van der Waals surface area contributed by atoms with Gasteiger partial charge in [0.2, 0.25) is 0 Å². The molecule has 1 N–H and O–H groups in total. The van der Waals surface area contributed by atoms with E-state index >= 15 is 0 Å². The maximum atomic E-state index is 10.1. The van der Waals surface area contributed by atoms with Crippen LogP contribution in [0.1, 0.15) is 6.92 Å². The Labute approximate surface area is 57.0 Å². The Hall–Kier alpha value is 0.390. The van der Waals surface area contributed by atoms with Crippen LogP contribution in [-0.4, -0.2) is 23.6 Å². The summed E-state index contributed by atoms with van der Waals surface area (Å²) in [5.41, 5.74) is 0. The zero-order chi connectivity index (χ0) is 6.78. The Morgan fingerprint density at radius 3 is 2.12 bits per heavy atom. The lowest BCUT2D eigenvalue weighted by atomic mass is 10.6. The fourth-order valence-electron chi connectivity index (χ4n) is 0.0796. The van der Waals surface area contributed by atoms with Gasteiger partial charge in [0.15, 0.2) is 0 Å². The van der Waals surface area contributed by atoms with Crippen LogP contribution in [0.15, 0.2) is 0 Å². The van der Waals surface area contributed by atoms with Gasteiger partial charge in [0.05, 0.1) is 5.25 Å². The molecule has 1 atom stereocenters. The van der Waals surface area contributed by atoms with Crippen LogP contribution in [0.2, 0.25) is 0 Å². The molecule has 0 aromatic rings. The third-order valence-corrected chi connectivity index (χ3v) is 3.31. The quantitative estimate of drug-likeness (QED) is 0.529. The molecule has 8 heavy (non-hydrogen) atoms. The summed E-state index contributed by atoms with van der Waals surface area (Å²) in [5.74, 6) is 0. The van der Waals surface area contributed by atoms with Crippen molar-refractivity contribution in [2.75, 3.05) is 5.33 Å². The fourth-order valence-corrected chi connectivity index (χ4v) is 1.24. The first-order valence-corrected chi connectivity index (χ1v) is 4.63. The highest BCUT2D eigenvalue weighted by Crippen LogP contribution is 1.99. The van der Waals surface area contributed by atoms with Crippen molar-refractivity contribution in [1.82, 2.24) is 0 Å². The molecule has 0 aliphatic heterocycles. The van der Waals surface area contributed by atoms with Crippen molar-refractivity contribution in [2.45, 2.75) is 12.2 Å². The van der Waals surface area contributed by atoms with Crippen LogP contribution in [0, 0.1) is 0 Å². The minimum absolute atomic E-state index is 0.270. The van der Waals surface area contributed by atoms with E-state index in [1.54, 1.807) is 0 Å². The summed E-state index contributed by atoms with van der Waals surface area (Å²) in [6, 6.07) is 0. The molecule has 50 valence electrons. The Morgan fingerprint density at radius 1 is 1.75 bits per heavy atom. The van der Waals surface area contributed by atoms with Gasteiger partial charge in [0.25, 0.3) is 10.1 Å². The molecule has 0 rings (SSSR count). The zero-order valence-corrected chi connectivity index (χ0v) is 6.74. The third kappa shape index (κ3) is 2.64. The summed E-state index contributed by atoms with van der Waals surface area (Å²) in [7, 11) is -3.80. The van der Waals surface area contributed by atoms with Crippen LogP contribution in [0.3, 0.4) is 0 Å². The average molecular weight is 203 g/mol. The van der Waals surface area contributed by atoms with Crippen molar-refractivity contribution >= 4 is 26.0 Å². The van der Waals surface area contributed by atoms with Gasteiger partial charge in [-0.05, 0) is 6.92 Å². The molecule has 1 unspecified atom stereocenters. The van der Waals surface area contributed by atoms with E-state index in [2.05, 4.69) is 15.9 Å². The predicted molar refractivity (Wildman–Crippen MR) is 34.8 cm³/mol. The molecular formula is C3H7BrO3S. The molecule has 3 nitrogen and oxygen atoms in total. The van der Waals surface area contributed by atoms with Gasteiger partial charge in [0.1, 0.15) is 0 Å². The summed E-state index contributed by atoms with van der Waals surface area (Å²) in [6.07, 6.45) is 0. The van der Waals surface area contributed by atoms with Crippen molar-refractivity contribution in [3.05, 3.63) is 0 Å². The van der Waals surface area contributed by atoms with Crippen molar-refractivity contribution in [3.8, 4) is 0 Å². The summed E-state index contributed by atoms with van der Waals surface area (Å²) in [5, 5.41) is -0.436. The largest absolute Gasteiger partial charge is 0.285 e. The van der Waals surface area contributed by atoms with E-state index in [1.165, 1.54) is 6.92 Å². The van der Waals surface area contributed by atoms with Gasteiger partial charge in [-0.25, -0.2) is 0 Å². The Kier molecular flexibility index (Phi) is 2.93.